The molecule has 0 spiro atoms. The Bertz CT molecular complexity index is 766. The summed E-state index contributed by atoms with van der Waals surface area (Å²) in [5, 5.41) is 7.35. The molecule has 0 radical (unpaired) electrons. The number of carbonyl (C=O) groups is 2. The van der Waals surface area contributed by atoms with Gasteiger partial charge in [-0.05, 0) is 42.0 Å². The van der Waals surface area contributed by atoms with Gasteiger partial charge in [-0.1, -0.05) is 32.0 Å². The minimum atomic E-state index is -2.91. The van der Waals surface area contributed by atoms with Gasteiger partial charge in [0, 0.05) is 0 Å². The Morgan fingerprint density at radius 2 is 1.81 bits per heavy atom. The number of benzene rings is 1. The van der Waals surface area contributed by atoms with Crippen molar-refractivity contribution in [1.82, 2.24) is 10.6 Å². The Morgan fingerprint density at radius 3 is 2.41 bits per heavy atom. The predicted octanol–water partition coefficient (Wildman–Crippen LogP) is 3.98. The van der Waals surface area contributed by atoms with Crippen molar-refractivity contribution < 1.29 is 23.1 Å². The summed E-state index contributed by atoms with van der Waals surface area (Å²) < 4.78 is 29.1. The number of thiophene rings is 1. The third-order valence-electron chi connectivity index (χ3n) is 3.92. The zero-order chi connectivity index (χ0) is 20.0. The highest BCUT2D eigenvalue weighted by Gasteiger charge is 2.26. The average molecular weight is 396 g/mol. The molecule has 0 aliphatic rings. The third kappa shape index (κ3) is 6.02. The second-order valence-corrected chi connectivity index (χ2v) is 7.30. The molecular weight excluding hydrogens is 374 g/mol. The Labute approximate surface area is 160 Å². The van der Waals surface area contributed by atoms with Crippen molar-refractivity contribution in [3.8, 4) is 5.75 Å². The molecule has 1 aromatic heterocycles. The van der Waals surface area contributed by atoms with Crippen molar-refractivity contribution in [2.24, 2.45) is 5.92 Å². The van der Waals surface area contributed by atoms with E-state index >= 15 is 0 Å². The number of amides is 2. The molecule has 0 aliphatic carbocycles. The minimum absolute atomic E-state index is 0.0232. The maximum Gasteiger partial charge on any atom is 0.387 e. The van der Waals surface area contributed by atoms with E-state index in [9.17, 15) is 18.4 Å². The van der Waals surface area contributed by atoms with Crippen LogP contribution in [-0.2, 0) is 4.79 Å². The van der Waals surface area contributed by atoms with Crippen LogP contribution in [0.25, 0.3) is 0 Å². The first-order chi connectivity index (χ1) is 12.8. The third-order valence-corrected chi connectivity index (χ3v) is 4.79. The van der Waals surface area contributed by atoms with Crippen LogP contribution < -0.4 is 15.4 Å². The SMILES string of the molecule is CC(NC(=O)C(NC(=O)c1cccs1)C(C)C)c1cccc(OC(F)F)c1. The van der Waals surface area contributed by atoms with Gasteiger partial charge in [0.25, 0.3) is 5.91 Å². The van der Waals surface area contributed by atoms with E-state index in [0.29, 0.717) is 10.4 Å². The zero-order valence-corrected chi connectivity index (χ0v) is 16.1. The average Bonchev–Trinajstić information content (AvgIpc) is 3.13. The van der Waals surface area contributed by atoms with E-state index in [1.807, 2.05) is 13.8 Å². The smallest absolute Gasteiger partial charge is 0.387 e. The fourth-order valence-corrected chi connectivity index (χ4v) is 3.13. The van der Waals surface area contributed by atoms with Gasteiger partial charge >= 0.3 is 6.61 Å². The quantitative estimate of drug-likeness (QED) is 0.709. The number of halogens is 2. The van der Waals surface area contributed by atoms with Crippen LogP contribution in [0.3, 0.4) is 0 Å². The number of carbonyl (C=O) groups excluding carboxylic acids is 2. The summed E-state index contributed by atoms with van der Waals surface area (Å²) in [5.41, 5.74) is 0.619. The summed E-state index contributed by atoms with van der Waals surface area (Å²) in [6.45, 7) is 2.49. The van der Waals surface area contributed by atoms with E-state index in [-0.39, 0.29) is 23.5 Å². The molecule has 5 nitrogen and oxygen atoms in total. The van der Waals surface area contributed by atoms with Crippen molar-refractivity contribution in [2.75, 3.05) is 0 Å². The highest BCUT2D eigenvalue weighted by Crippen LogP contribution is 2.21. The number of nitrogens with one attached hydrogen (secondary N) is 2. The van der Waals surface area contributed by atoms with Crippen molar-refractivity contribution in [3.05, 3.63) is 52.2 Å². The summed E-state index contributed by atoms with van der Waals surface area (Å²) in [5.74, 6) is -0.758. The molecule has 0 saturated heterocycles. The van der Waals surface area contributed by atoms with Crippen molar-refractivity contribution in [1.29, 1.82) is 0 Å². The molecule has 2 atom stereocenters. The fraction of sp³-hybridized carbons (Fsp3) is 0.368. The molecule has 1 heterocycles. The van der Waals surface area contributed by atoms with Gasteiger partial charge in [-0.15, -0.1) is 11.3 Å². The van der Waals surface area contributed by atoms with Crippen molar-refractivity contribution >= 4 is 23.2 Å². The second kappa shape index (κ2) is 9.45. The molecule has 8 heteroatoms. The number of hydrogen-bond acceptors (Lipinski definition) is 4. The highest BCUT2D eigenvalue weighted by atomic mass is 32.1. The first-order valence-corrected chi connectivity index (χ1v) is 9.35. The Kier molecular flexibility index (Phi) is 7.29. The zero-order valence-electron chi connectivity index (χ0n) is 15.2. The van der Waals surface area contributed by atoms with E-state index in [1.165, 1.54) is 23.5 Å². The standard InChI is InChI=1S/C19H22F2N2O3S/c1-11(2)16(23-17(24)15-8-5-9-27-15)18(25)22-12(3)13-6-4-7-14(10-13)26-19(20)21/h4-12,16,19H,1-3H3,(H,22,25)(H,23,24). The summed E-state index contributed by atoms with van der Waals surface area (Å²) in [7, 11) is 0. The number of hydrogen-bond donors (Lipinski definition) is 2. The Morgan fingerprint density at radius 1 is 1.07 bits per heavy atom. The van der Waals surface area contributed by atoms with Gasteiger partial charge in [0.15, 0.2) is 0 Å². The maximum atomic E-state index is 12.7. The van der Waals surface area contributed by atoms with Gasteiger partial charge in [-0.3, -0.25) is 9.59 Å². The van der Waals surface area contributed by atoms with Crippen LogP contribution in [0, 0.1) is 5.92 Å². The number of ether oxygens (including phenoxy) is 1. The highest BCUT2D eigenvalue weighted by molar-refractivity contribution is 7.12. The lowest BCUT2D eigenvalue weighted by molar-refractivity contribution is -0.124. The molecule has 2 unspecified atom stereocenters. The van der Waals surface area contributed by atoms with E-state index in [1.54, 1.807) is 36.6 Å². The molecule has 0 aliphatic heterocycles. The van der Waals surface area contributed by atoms with E-state index in [4.69, 9.17) is 0 Å². The van der Waals surface area contributed by atoms with Crippen LogP contribution in [0.2, 0.25) is 0 Å². The largest absolute Gasteiger partial charge is 0.435 e. The maximum absolute atomic E-state index is 12.7. The summed E-state index contributed by atoms with van der Waals surface area (Å²) in [6, 6.07) is 8.44. The Balaban J connectivity index is 2.05. The van der Waals surface area contributed by atoms with E-state index in [0.717, 1.165) is 0 Å². The fourth-order valence-electron chi connectivity index (χ4n) is 2.50. The predicted molar refractivity (Wildman–Crippen MR) is 100 cm³/mol. The monoisotopic (exact) mass is 396 g/mol. The molecule has 1 aromatic carbocycles. The van der Waals surface area contributed by atoms with Crippen LogP contribution in [-0.4, -0.2) is 24.5 Å². The molecule has 2 amide bonds. The lowest BCUT2D eigenvalue weighted by Crippen LogP contribution is -2.50. The lowest BCUT2D eigenvalue weighted by Gasteiger charge is -2.24. The lowest BCUT2D eigenvalue weighted by atomic mass is 10.0. The van der Waals surface area contributed by atoms with Gasteiger partial charge in [0.2, 0.25) is 5.91 Å². The molecule has 2 aromatic rings. The van der Waals surface area contributed by atoms with Crippen LogP contribution >= 0.6 is 11.3 Å². The second-order valence-electron chi connectivity index (χ2n) is 6.35. The van der Waals surface area contributed by atoms with Crippen LogP contribution in [0.5, 0.6) is 5.75 Å². The van der Waals surface area contributed by atoms with Gasteiger partial charge in [-0.25, -0.2) is 0 Å². The topological polar surface area (TPSA) is 67.4 Å². The van der Waals surface area contributed by atoms with Crippen LogP contribution in [0.1, 0.15) is 42.0 Å². The van der Waals surface area contributed by atoms with E-state index < -0.39 is 18.7 Å². The Hall–Kier alpha value is -2.48. The first kappa shape index (κ1) is 20.8. The molecular formula is C19H22F2N2O3S. The van der Waals surface area contributed by atoms with Gasteiger partial charge in [-0.2, -0.15) is 8.78 Å². The summed E-state index contributed by atoms with van der Waals surface area (Å²) in [4.78, 5) is 25.4. The molecule has 2 rings (SSSR count). The van der Waals surface area contributed by atoms with Gasteiger partial charge in [0.1, 0.15) is 11.8 Å². The van der Waals surface area contributed by atoms with Crippen LogP contribution in [0.4, 0.5) is 8.78 Å². The first-order valence-electron chi connectivity index (χ1n) is 8.47. The summed E-state index contributed by atoms with van der Waals surface area (Å²) in [6.07, 6.45) is 0. The summed E-state index contributed by atoms with van der Waals surface area (Å²) >= 11 is 1.29. The number of rotatable bonds is 8. The molecule has 0 saturated carbocycles. The van der Waals surface area contributed by atoms with Gasteiger partial charge in [0.05, 0.1) is 10.9 Å². The molecule has 146 valence electrons. The van der Waals surface area contributed by atoms with Crippen LogP contribution in [0.15, 0.2) is 41.8 Å². The molecule has 2 N–H and O–H groups in total. The van der Waals surface area contributed by atoms with Crippen molar-refractivity contribution in [2.45, 2.75) is 39.5 Å². The van der Waals surface area contributed by atoms with E-state index in [2.05, 4.69) is 15.4 Å². The molecule has 0 bridgehead atoms. The normalized spacial score (nSPS) is 13.3. The van der Waals surface area contributed by atoms with Gasteiger partial charge < -0.3 is 15.4 Å². The molecule has 27 heavy (non-hydrogen) atoms. The minimum Gasteiger partial charge on any atom is -0.435 e. The number of alkyl halides is 2. The van der Waals surface area contributed by atoms with Crippen molar-refractivity contribution in [3.63, 3.8) is 0 Å². The molecule has 0 fully saturated rings.